The number of anilines is 1. The Labute approximate surface area is 107 Å². The minimum absolute atomic E-state index is 0.0509. The summed E-state index contributed by atoms with van der Waals surface area (Å²) in [6, 6.07) is 1.65. The smallest absolute Gasteiger partial charge is 0.257 e. The Morgan fingerprint density at radius 3 is 3.22 bits per heavy atom. The van der Waals surface area contributed by atoms with E-state index < -0.39 is 0 Å². The van der Waals surface area contributed by atoms with Crippen molar-refractivity contribution in [2.75, 3.05) is 25.4 Å². The SMILES string of the molecule is CCOC1CCCN(C(=O)c2cnccc2N)C1. The molecule has 0 bridgehead atoms. The summed E-state index contributed by atoms with van der Waals surface area (Å²) in [6.45, 7) is 4.05. The first-order valence-corrected chi connectivity index (χ1v) is 6.32. The normalized spacial score (nSPS) is 19.8. The highest BCUT2D eigenvalue weighted by Gasteiger charge is 2.25. The van der Waals surface area contributed by atoms with E-state index in [2.05, 4.69) is 4.98 Å². The highest BCUT2D eigenvalue weighted by Crippen LogP contribution is 2.18. The molecule has 2 rings (SSSR count). The molecule has 1 aromatic rings. The van der Waals surface area contributed by atoms with Crippen LogP contribution in [0.4, 0.5) is 5.69 Å². The molecule has 0 radical (unpaired) electrons. The van der Waals surface area contributed by atoms with Crippen molar-refractivity contribution in [2.24, 2.45) is 0 Å². The first-order chi connectivity index (χ1) is 8.72. The first kappa shape index (κ1) is 12.8. The number of carbonyl (C=O) groups is 1. The lowest BCUT2D eigenvalue weighted by molar-refractivity contribution is 0.00726. The van der Waals surface area contributed by atoms with E-state index in [0.717, 1.165) is 19.4 Å². The molecule has 1 unspecified atom stereocenters. The molecule has 0 aliphatic carbocycles. The van der Waals surface area contributed by atoms with Gasteiger partial charge in [0.15, 0.2) is 0 Å². The lowest BCUT2D eigenvalue weighted by Gasteiger charge is -2.32. The molecule has 18 heavy (non-hydrogen) atoms. The number of ether oxygens (including phenoxy) is 1. The summed E-state index contributed by atoms with van der Waals surface area (Å²) in [4.78, 5) is 18.1. The molecule has 5 nitrogen and oxygen atoms in total. The number of likely N-dealkylation sites (tertiary alicyclic amines) is 1. The fourth-order valence-electron chi connectivity index (χ4n) is 2.25. The van der Waals surface area contributed by atoms with Gasteiger partial charge < -0.3 is 15.4 Å². The molecule has 1 aliphatic heterocycles. The van der Waals surface area contributed by atoms with Gasteiger partial charge in [0, 0.05) is 37.8 Å². The predicted octanol–water partition coefficient (Wildman–Crippen LogP) is 1.30. The number of nitrogens with zero attached hydrogens (tertiary/aromatic N) is 2. The molecule has 0 spiro atoms. The summed E-state index contributed by atoms with van der Waals surface area (Å²) in [5.74, 6) is -0.0509. The quantitative estimate of drug-likeness (QED) is 0.876. The van der Waals surface area contributed by atoms with Gasteiger partial charge in [0.25, 0.3) is 5.91 Å². The largest absolute Gasteiger partial charge is 0.398 e. The van der Waals surface area contributed by atoms with Gasteiger partial charge in [0.2, 0.25) is 0 Å². The molecule has 1 saturated heterocycles. The third kappa shape index (κ3) is 2.79. The molecule has 98 valence electrons. The van der Waals surface area contributed by atoms with Gasteiger partial charge in [-0.1, -0.05) is 0 Å². The lowest BCUT2D eigenvalue weighted by atomic mass is 10.1. The number of pyridine rings is 1. The Bertz CT molecular complexity index is 420. The van der Waals surface area contributed by atoms with Crippen LogP contribution in [0.15, 0.2) is 18.5 Å². The predicted molar refractivity (Wildman–Crippen MR) is 69.2 cm³/mol. The topological polar surface area (TPSA) is 68.5 Å². The van der Waals surface area contributed by atoms with E-state index in [-0.39, 0.29) is 12.0 Å². The van der Waals surface area contributed by atoms with E-state index in [1.807, 2.05) is 6.92 Å². The molecule has 1 amide bonds. The van der Waals surface area contributed by atoms with Crippen molar-refractivity contribution in [3.8, 4) is 0 Å². The van der Waals surface area contributed by atoms with E-state index in [1.165, 1.54) is 6.20 Å². The maximum absolute atomic E-state index is 12.3. The molecule has 0 aromatic carbocycles. The minimum Gasteiger partial charge on any atom is -0.398 e. The molecular formula is C13H19N3O2. The van der Waals surface area contributed by atoms with Crippen LogP contribution in [-0.4, -0.2) is 41.6 Å². The van der Waals surface area contributed by atoms with Crippen LogP contribution in [0.2, 0.25) is 0 Å². The number of nitrogen functional groups attached to an aromatic ring is 1. The summed E-state index contributed by atoms with van der Waals surface area (Å²) in [5.41, 5.74) is 6.76. The number of hydrogen-bond donors (Lipinski definition) is 1. The molecular weight excluding hydrogens is 230 g/mol. The van der Waals surface area contributed by atoms with E-state index in [0.29, 0.717) is 24.4 Å². The minimum atomic E-state index is -0.0509. The Morgan fingerprint density at radius 2 is 2.50 bits per heavy atom. The van der Waals surface area contributed by atoms with Crippen LogP contribution in [0.5, 0.6) is 0 Å². The zero-order valence-electron chi connectivity index (χ0n) is 10.6. The third-order valence-electron chi connectivity index (χ3n) is 3.15. The van der Waals surface area contributed by atoms with Gasteiger partial charge >= 0.3 is 0 Å². The zero-order valence-corrected chi connectivity index (χ0v) is 10.6. The molecule has 1 aromatic heterocycles. The van der Waals surface area contributed by atoms with Crippen LogP contribution in [0.25, 0.3) is 0 Å². The molecule has 5 heteroatoms. The second kappa shape index (κ2) is 5.82. The number of piperidine rings is 1. The van der Waals surface area contributed by atoms with Gasteiger partial charge in [0.1, 0.15) is 0 Å². The Hall–Kier alpha value is -1.62. The fourth-order valence-corrected chi connectivity index (χ4v) is 2.25. The number of hydrogen-bond acceptors (Lipinski definition) is 4. The molecule has 0 saturated carbocycles. The third-order valence-corrected chi connectivity index (χ3v) is 3.15. The molecule has 1 aliphatic rings. The summed E-state index contributed by atoms with van der Waals surface area (Å²) in [6.07, 6.45) is 5.25. The molecule has 1 fully saturated rings. The van der Waals surface area contributed by atoms with Crippen LogP contribution < -0.4 is 5.73 Å². The van der Waals surface area contributed by atoms with Crippen LogP contribution >= 0.6 is 0 Å². The summed E-state index contributed by atoms with van der Waals surface area (Å²) >= 11 is 0. The van der Waals surface area contributed by atoms with E-state index in [4.69, 9.17) is 10.5 Å². The summed E-state index contributed by atoms with van der Waals surface area (Å²) in [5, 5.41) is 0. The highest BCUT2D eigenvalue weighted by atomic mass is 16.5. The van der Waals surface area contributed by atoms with Gasteiger partial charge in [-0.2, -0.15) is 0 Å². The van der Waals surface area contributed by atoms with E-state index in [1.54, 1.807) is 17.2 Å². The highest BCUT2D eigenvalue weighted by molar-refractivity contribution is 5.98. The fraction of sp³-hybridized carbons (Fsp3) is 0.538. The Morgan fingerprint density at radius 1 is 1.67 bits per heavy atom. The monoisotopic (exact) mass is 249 g/mol. The van der Waals surface area contributed by atoms with Crippen molar-refractivity contribution in [3.05, 3.63) is 24.0 Å². The van der Waals surface area contributed by atoms with Crippen molar-refractivity contribution in [2.45, 2.75) is 25.9 Å². The van der Waals surface area contributed by atoms with Gasteiger partial charge in [-0.3, -0.25) is 9.78 Å². The zero-order chi connectivity index (χ0) is 13.0. The summed E-state index contributed by atoms with van der Waals surface area (Å²) < 4.78 is 5.59. The van der Waals surface area contributed by atoms with Crippen LogP contribution in [0, 0.1) is 0 Å². The van der Waals surface area contributed by atoms with Crippen LogP contribution in [0.3, 0.4) is 0 Å². The van der Waals surface area contributed by atoms with E-state index in [9.17, 15) is 4.79 Å². The Balaban J connectivity index is 2.07. The maximum Gasteiger partial charge on any atom is 0.257 e. The van der Waals surface area contributed by atoms with Crippen molar-refractivity contribution in [1.29, 1.82) is 0 Å². The van der Waals surface area contributed by atoms with Crippen LogP contribution in [-0.2, 0) is 4.74 Å². The van der Waals surface area contributed by atoms with Crippen molar-refractivity contribution in [1.82, 2.24) is 9.88 Å². The Kier molecular flexibility index (Phi) is 4.15. The van der Waals surface area contributed by atoms with Gasteiger partial charge in [0.05, 0.1) is 11.7 Å². The van der Waals surface area contributed by atoms with Gasteiger partial charge in [-0.05, 0) is 25.8 Å². The molecule has 2 N–H and O–H groups in total. The first-order valence-electron chi connectivity index (χ1n) is 6.32. The second-order valence-electron chi connectivity index (χ2n) is 4.43. The lowest BCUT2D eigenvalue weighted by Crippen LogP contribution is -2.43. The summed E-state index contributed by atoms with van der Waals surface area (Å²) in [7, 11) is 0. The molecule has 1 atom stereocenters. The van der Waals surface area contributed by atoms with E-state index >= 15 is 0 Å². The number of nitrogens with two attached hydrogens (primary N) is 1. The standard InChI is InChI=1S/C13H19N3O2/c1-2-18-10-4-3-7-16(9-10)13(17)11-8-15-6-5-12(11)14/h5-6,8,10H,2-4,7,9H2,1H3,(H2,14,15). The average Bonchev–Trinajstić information content (AvgIpc) is 2.39. The van der Waals surface area contributed by atoms with Crippen molar-refractivity contribution in [3.63, 3.8) is 0 Å². The maximum atomic E-state index is 12.3. The number of amides is 1. The van der Waals surface area contributed by atoms with Gasteiger partial charge in [-0.25, -0.2) is 0 Å². The number of rotatable bonds is 3. The average molecular weight is 249 g/mol. The van der Waals surface area contributed by atoms with Crippen LogP contribution in [0.1, 0.15) is 30.1 Å². The van der Waals surface area contributed by atoms with Crippen molar-refractivity contribution >= 4 is 11.6 Å². The van der Waals surface area contributed by atoms with Crippen molar-refractivity contribution < 1.29 is 9.53 Å². The molecule has 2 heterocycles. The number of aromatic nitrogens is 1. The number of carbonyl (C=O) groups excluding carboxylic acids is 1. The second-order valence-corrected chi connectivity index (χ2v) is 4.43. The van der Waals surface area contributed by atoms with Gasteiger partial charge in [-0.15, -0.1) is 0 Å².